The van der Waals surface area contributed by atoms with Crippen molar-refractivity contribution in [2.75, 3.05) is 31.1 Å². The van der Waals surface area contributed by atoms with Crippen LogP contribution in [-0.2, 0) is 11.2 Å². The van der Waals surface area contributed by atoms with Gasteiger partial charge in [0.2, 0.25) is 11.9 Å². The lowest BCUT2D eigenvalue weighted by atomic mass is 10.1. The molecule has 3 heterocycles. The van der Waals surface area contributed by atoms with E-state index in [0.29, 0.717) is 62.1 Å². The van der Waals surface area contributed by atoms with Gasteiger partial charge in [-0.3, -0.25) is 4.79 Å². The standard InChI is InChI=1S/C24H23FN6O2/c25-21-9-5-4-8-20(21)22-12-10-19(33-22)11-13-23(32)29-14-16-30(17-15-29)24-26-27-28-31(24)18-6-2-1-3-7-18/h1-10,12H,11,13-17H2. The maximum absolute atomic E-state index is 14.0. The number of carbonyl (C=O) groups excluding carboxylic acids is 1. The van der Waals surface area contributed by atoms with Crippen molar-refractivity contribution in [1.29, 1.82) is 0 Å². The fourth-order valence-corrected chi connectivity index (χ4v) is 3.98. The first-order valence-corrected chi connectivity index (χ1v) is 10.9. The molecule has 1 aliphatic heterocycles. The van der Waals surface area contributed by atoms with Gasteiger partial charge in [-0.2, -0.15) is 4.68 Å². The third-order valence-electron chi connectivity index (χ3n) is 5.76. The average Bonchev–Trinajstić information content (AvgIpc) is 3.54. The van der Waals surface area contributed by atoms with E-state index in [9.17, 15) is 9.18 Å². The summed E-state index contributed by atoms with van der Waals surface area (Å²) >= 11 is 0. The second-order valence-corrected chi connectivity index (χ2v) is 7.84. The van der Waals surface area contributed by atoms with E-state index in [2.05, 4.69) is 20.4 Å². The number of aromatic nitrogens is 4. The van der Waals surface area contributed by atoms with Crippen LogP contribution in [0.1, 0.15) is 12.2 Å². The molecule has 1 aliphatic rings. The molecular weight excluding hydrogens is 423 g/mol. The van der Waals surface area contributed by atoms with Gasteiger partial charge in [0.1, 0.15) is 17.3 Å². The predicted molar refractivity (Wildman–Crippen MR) is 120 cm³/mol. The summed E-state index contributed by atoms with van der Waals surface area (Å²) in [6.45, 7) is 2.49. The largest absolute Gasteiger partial charge is 0.461 e. The van der Waals surface area contributed by atoms with Crippen molar-refractivity contribution >= 4 is 11.9 Å². The molecule has 168 valence electrons. The number of hydrogen-bond donors (Lipinski definition) is 0. The number of tetrazole rings is 1. The highest BCUT2D eigenvalue weighted by Crippen LogP contribution is 2.25. The number of piperazine rings is 1. The number of anilines is 1. The molecule has 2 aromatic heterocycles. The van der Waals surface area contributed by atoms with Gasteiger partial charge in [0.15, 0.2) is 0 Å². The van der Waals surface area contributed by atoms with Gasteiger partial charge in [0.25, 0.3) is 0 Å². The Morgan fingerprint density at radius 1 is 0.939 bits per heavy atom. The summed E-state index contributed by atoms with van der Waals surface area (Å²) in [6.07, 6.45) is 0.811. The van der Waals surface area contributed by atoms with Crippen molar-refractivity contribution in [3.63, 3.8) is 0 Å². The van der Waals surface area contributed by atoms with E-state index in [-0.39, 0.29) is 11.7 Å². The van der Waals surface area contributed by atoms with Crippen LogP contribution in [0.4, 0.5) is 10.3 Å². The van der Waals surface area contributed by atoms with Crippen LogP contribution in [0.5, 0.6) is 0 Å². The van der Waals surface area contributed by atoms with Crippen LogP contribution in [0.25, 0.3) is 17.0 Å². The number of nitrogens with zero attached hydrogens (tertiary/aromatic N) is 6. The highest BCUT2D eigenvalue weighted by molar-refractivity contribution is 5.76. The number of aryl methyl sites for hydroxylation is 1. The smallest absolute Gasteiger partial charge is 0.250 e. The number of carbonyl (C=O) groups is 1. The quantitative estimate of drug-likeness (QED) is 0.452. The molecule has 0 N–H and O–H groups in total. The molecule has 33 heavy (non-hydrogen) atoms. The number of amides is 1. The molecule has 0 spiro atoms. The highest BCUT2D eigenvalue weighted by atomic mass is 19.1. The third-order valence-corrected chi connectivity index (χ3v) is 5.76. The van der Waals surface area contributed by atoms with Crippen LogP contribution >= 0.6 is 0 Å². The fourth-order valence-electron chi connectivity index (χ4n) is 3.98. The number of benzene rings is 2. The molecule has 2 aromatic carbocycles. The highest BCUT2D eigenvalue weighted by Gasteiger charge is 2.25. The van der Waals surface area contributed by atoms with Gasteiger partial charge in [0.05, 0.1) is 11.3 Å². The predicted octanol–water partition coefficient (Wildman–Crippen LogP) is 3.34. The molecule has 0 atom stereocenters. The number of rotatable bonds is 6. The molecule has 0 radical (unpaired) electrons. The fraction of sp³-hybridized carbons (Fsp3) is 0.250. The van der Waals surface area contributed by atoms with Gasteiger partial charge in [0, 0.05) is 39.0 Å². The minimum Gasteiger partial charge on any atom is -0.461 e. The molecule has 8 nitrogen and oxygen atoms in total. The number of furan rings is 1. The first-order valence-electron chi connectivity index (χ1n) is 10.9. The van der Waals surface area contributed by atoms with Gasteiger partial charge in [-0.05, 0) is 46.8 Å². The summed E-state index contributed by atoms with van der Waals surface area (Å²) in [5.41, 5.74) is 1.31. The van der Waals surface area contributed by atoms with Gasteiger partial charge < -0.3 is 14.2 Å². The molecular formula is C24H23FN6O2. The van der Waals surface area contributed by atoms with Crippen LogP contribution in [0.3, 0.4) is 0 Å². The third kappa shape index (κ3) is 4.48. The minimum atomic E-state index is -0.328. The van der Waals surface area contributed by atoms with Crippen molar-refractivity contribution < 1.29 is 13.6 Å². The lowest BCUT2D eigenvalue weighted by Gasteiger charge is -2.34. The van der Waals surface area contributed by atoms with Crippen LogP contribution in [0, 0.1) is 5.82 Å². The lowest BCUT2D eigenvalue weighted by molar-refractivity contribution is -0.131. The van der Waals surface area contributed by atoms with E-state index in [0.717, 1.165) is 5.69 Å². The lowest BCUT2D eigenvalue weighted by Crippen LogP contribution is -2.49. The zero-order chi connectivity index (χ0) is 22.6. The Bertz CT molecular complexity index is 1230. The molecule has 0 unspecified atom stereocenters. The molecule has 1 amide bonds. The summed E-state index contributed by atoms with van der Waals surface area (Å²) < 4.78 is 21.4. The molecule has 1 saturated heterocycles. The zero-order valence-corrected chi connectivity index (χ0v) is 18.0. The number of para-hydroxylation sites is 1. The van der Waals surface area contributed by atoms with Crippen LogP contribution < -0.4 is 4.90 Å². The molecule has 1 fully saturated rings. The molecule has 5 rings (SSSR count). The number of halogens is 1. The van der Waals surface area contributed by atoms with Gasteiger partial charge in [-0.25, -0.2) is 4.39 Å². The van der Waals surface area contributed by atoms with Crippen molar-refractivity contribution in [3.05, 3.63) is 78.3 Å². The van der Waals surface area contributed by atoms with E-state index in [4.69, 9.17) is 4.42 Å². The summed E-state index contributed by atoms with van der Waals surface area (Å²) in [5.74, 6) is 1.55. The van der Waals surface area contributed by atoms with Crippen LogP contribution in [0.2, 0.25) is 0 Å². The summed E-state index contributed by atoms with van der Waals surface area (Å²) in [4.78, 5) is 16.7. The summed E-state index contributed by atoms with van der Waals surface area (Å²) in [5, 5.41) is 12.1. The van der Waals surface area contributed by atoms with Gasteiger partial charge >= 0.3 is 0 Å². The molecule has 4 aromatic rings. The van der Waals surface area contributed by atoms with Crippen molar-refractivity contribution in [2.24, 2.45) is 0 Å². The Kier molecular flexibility index (Phi) is 5.84. The monoisotopic (exact) mass is 446 g/mol. The van der Waals surface area contributed by atoms with Gasteiger partial charge in [-0.1, -0.05) is 35.4 Å². The Morgan fingerprint density at radius 2 is 1.70 bits per heavy atom. The van der Waals surface area contributed by atoms with Crippen LogP contribution in [0.15, 0.2) is 71.1 Å². The SMILES string of the molecule is O=C(CCc1ccc(-c2ccccc2F)o1)N1CCN(c2nnnn2-c2ccccc2)CC1. The molecule has 9 heteroatoms. The number of hydrogen-bond acceptors (Lipinski definition) is 6. The molecule has 0 saturated carbocycles. The van der Waals surface area contributed by atoms with Crippen molar-refractivity contribution in [1.82, 2.24) is 25.1 Å². The van der Waals surface area contributed by atoms with Crippen molar-refractivity contribution in [3.8, 4) is 17.0 Å². The van der Waals surface area contributed by atoms with E-state index >= 15 is 0 Å². The molecule has 0 aliphatic carbocycles. The zero-order valence-electron chi connectivity index (χ0n) is 18.0. The first-order chi connectivity index (χ1) is 16.2. The Hall–Kier alpha value is -4.01. The normalized spacial score (nSPS) is 14.0. The van der Waals surface area contributed by atoms with E-state index < -0.39 is 0 Å². The Balaban J connectivity index is 1.16. The van der Waals surface area contributed by atoms with Crippen molar-refractivity contribution in [2.45, 2.75) is 12.8 Å². The summed E-state index contributed by atoms with van der Waals surface area (Å²) in [6, 6.07) is 19.8. The Morgan fingerprint density at radius 3 is 2.48 bits per heavy atom. The van der Waals surface area contributed by atoms with Gasteiger partial charge in [-0.15, -0.1) is 0 Å². The summed E-state index contributed by atoms with van der Waals surface area (Å²) in [7, 11) is 0. The average molecular weight is 446 g/mol. The minimum absolute atomic E-state index is 0.0705. The van der Waals surface area contributed by atoms with E-state index in [1.807, 2.05) is 35.2 Å². The topological polar surface area (TPSA) is 80.3 Å². The Labute approximate surface area is 190 Å². The van der Waals surface area contributed by atoms with E-state index in [1.54, 1.807) is 35.0 Å². The van der Waals surface area contributed by atoms with Crippen LogP contribution in [-0.4, -0.2) is 57.2 Å². The first kappa shape index (κ1) is 20.9. The second kappa shape index (κ2) is 9.23. The maximum Gasteiger partial charge on any atom is 0.250 e. The van der Waals surface area contributed by atoms with E-state index in [1.165, 1.54) is 6.07 Å². The molecule has 0 bridgehead atoms. The maximum atomic E-state index is 14.0. The second-order valence-electron chi connectivity index (χ2n) is 7.84.